The first-order valence-corrected chi connectivity index (χ1v) is 7.07. The number of isocyanates is 1. The number of hydrogen-bond donors (Lipinski definition) is 1. The maximum absolute atomic E-state index is 12.3. The Morgan fingerprint density at radius 3 is 2.67 bits per heavy atom. The number of aryl methyl sites for hydroxylation is 1. The van der Waals surface area contributed by atoms with E-state index in [0.29, 0.717) is 31.6 Å². The lowest BCUT2D eigenvalue weighted by atomic mass is 10.1. The quantitative estimate of drug-likeness (QED) is 0.627. The molecule has 1 fully saturated rings. The highest BCUT2D eigenvalue weighted by Crippen LogP contribution is 2.22. The Hall–Kier alpha value is -1.50. The molecule has 0 unspecified atom stereocenters. The number of hydrogen-bond acceptors (Lipinski definition) is 5. The molecule has 1 saturated heterocycles. The summed E-state index contributed by atoms with van der Waals surface area (Å²) >= 11 is 0. The number of piperidine rings is 1. The summed E-state index contributed by atoms with van der Waals surface area (Å²) in [6.07, 6.45) is 3.93. The molecular weight excluding hydrogens is 256 g/mol. The van der Waals surface area contributed by atoms with Gasteiger partial charge in [-0.2, -0.15) is 9.40 Å². The van der Waals surface area contributed by atoms with Crippen LogP contribution < -0.4 is 0 Å². The summed E-state index contributed by atoms with van der Waals surface area (Å²) in [5, 5.41) is 6.34. The smallest absolute Gasteiger partial charge is 0.246 e. The van der Waals surface area contributed by atoms with E-state index in [1.807, 2.05) is 0 Å². The summed E-state index contributed by atoms with van der Waals surface area (Å²) in [4.78, 5) is 14.0. The summed E-state index contributed by atoms with van der Waals surface area (Å²) in [5.41, 5.74) is 0.531. The Bertz CT molecular complexity index is 566. The van der Waals surface area contributed by atoms with Gasteiger partial charge in [0.15, 0.2) is 0 Å². The molecule has 0 amide bonds. The van der Waals surface area contributed by atoms with Gasteiger partial charge in [0.2, 0.25) is 16.1 Å². The number of H-pyrrole nitrogens is 1. The SMILES string of the molecule is Cc1[nH]ncc1S(=O)(=O)N1CCC(N=C=O)CC1. The van der Waals surface area contributed by atoms with Crippen LogP contribution in [0.2, 0.25) is 0 Å². The summed E-state index contributed by atoms with van der Waals surface area (Å²) in [7, 11) is -3.49. The number of aromatic amines is 1. The Morgan fingerprint density at radius 1 is 1.50 bits per heavy atom. The maximum Gasteiger partial charge on any atom is 0.246 e. The zero-order valence-corrected chi connectivity index (χ0v) is 10.8. The van der Waals surface area contributed by atoms with Gasteiger partial charge in [0.25, 0.3) is 0 Å². The van der Waals surface area contributed by atoms with Gasteiger partial charge in [0.05, 0.1) is 17.9 Å². The second-order valence-electron chi connectivity index (χ2n) is 4.21. The molecule has 98 valence electrons. The molecule has 1 aromatic rings. The lowest BCUT2D eigenvalue weighted by Gasteiger charge is -2.28. The van der Waals surface area contributed by atoms with Gasteiger partial charge in [-0.25, -0.2) is 18.2 Å². The molecule has 0 bridgehead atoms. The number of nitrogens with zero attached hydrogens (tertiary/aromatic N) is 3. The Balaban J connectivity index is 2.14. The maximum atomic E-state index is 12.3. The van der Waals surface area contributed by atoms with Crippen molar-refractivity contribution < 1.29 is 13.2 Å². The summed E-state index contributed by atoms with van der Waals surface area (Å²) in [6.45, 7) is 2.40. The highest BCUT2D eigenvalue weighted by atomic mass is 32.2. The number of aliphatic imine (C=N–C) groups is 1. The third-order valence-corrected chi connectivity index (χ3v) is 5.07. The van der Waals surface area contributed by atoms with Crippen LogP contribution in [0.3, 0.4) is 0 Å². The Morgan fingerprint density at radius 2 is 2.17 bits per heavy atom. The van der Waals surface area contributed by atoms with Crippen molar-refractivity contribution in [2.45, 2.75) is 30.7 Å². The predicted molar refractivity (Wildman–Crippen MR) is 63.2 cm³/mol. The first kappa shape index (κ1) is 12.9. The molecule has 1 aliphatic heterocycles. The monoisotopic (exact) mass is 270 g/mol. The van der Waals surface area contributed by atoms with Gasteiger partial charge in [-0.1, -0.05) is 0 Å². The van der Waals surface area contributed by atoms with Gasteiger partial charge in [0.1, 0.15) is 4.90 Å². The number of rotatable bonds is 3. The van der Waals surface area contributed by atoms with Crippen molar-refractivity contribution in [3.8, 4) is 0 Å². The van der Waals surface area contributed by atoms with E-state index in [4.69, 9.17) is 0 Å². The molecule has 1 aromatic heterocycles. The van der Waals surface area contributed by atoms with Crippen molar-refractivity contribution in [1.82, 2.24) is 14.5 Å². The van der Waals surface area contributed by atoms with Crippen LogP contribution in [0.4, 0.5) is 0 Å². The van der Waals surface area contributed by atoms with Gasteiger partial charge < -0.3 is 0 Å². The third-order valence-electron chi connectivity index (χ3n) is 3.06. The van der Waals surface area contributed by atoms with Crippen LogP contribution in [0, 0.1) is 6.92 Å². The van der Waals surface area contributed by atoms with Crippen molar-refractivity contribution in [3.63, 3.8) is 0 Å². The average molecular weight is 270 g/mol. The zero-order valence-electron chi connectivity index (χ0n) is 9.96. The Labute approximate surface area is 105 Å². The molecule has 0 saturated carbocycles. The highest BCUT2D eigenvalue weighted by Gasteiger charge is 2.31. The van der Waals surface area contributed by atoms with Crippen molar-refractivity contribution in [2.24, 2.45) is 4.99 Å². The average Bonchev–Trinajstić information content (AvgIpc) is 2.77. The minimum atomic E-state index is -3.49. The lowest BCUT2D eigenvalue weighted by molar-refractivity contribution is 0.320. The fourth-order valence-corrected chi connectivity index (χ4v) is 3.61. The number of carbonyl (C=O) groups excluding carboxylic acids is 1. The van der Waals surface area contributed by atoms with Crippen LogP contribution in [0.5, 0.6) is 0 Å². The van der Waals surface area contributed by atoms with E-state index in [1.54, 1.807) is 6.92 Å². The predicted octanol–water partition coefficient (Wildman–Crippen LogP) is 0.207. The second kappa shape index (κ2) is 5.01. The van der Waals surface area contributed by atoms with Crippen LogP contribution in [0.1, 0.15) is 18.5 Å². The normalized spacial score (nSPS) is 18.5. The van der Waals surface area contributed by atoms with Crippen LogP contribution in [0.15, 0.2) is 16.1 Å². The molecule has 7 nitrogen and oxygen atoms in total. The van der Waals surface area contributed by atoms with Crippen molar-refractivity contribution in [3.05, 3.63) is 11.9 Å². The number of aromatic nitrogens is 2. The van der Waals surface area contributed by atoms with E-state index in [2.05, 4.69) is 15.2 Å². The molecule has 0 spiro atoms. The van der Waals surface area contributed by atoms with Gasteiger partial charge >= 0.3 is 0 Å². The fraction of sp³-hybridized carbons (Fsp3) is 0.600. The molecule has 18 heavy (non-hydrogen) atoms. The second-order valence-corrected chi connectivity index (χ2v) is 6.12. The first-order chi connectivity index (χ1) is 8.55. The highest BCUT2D eigenvalue weighted by molar-refractivity contribution is 7.89. The van der Waals surface area contributed by atoms with Crippen molar-refractivity contribution in [2.75, 3.05) is 13.1 Å². The van der Waals surface area contributed by atoms with E-state index in [0.717, 1.165) is 0 Å². The number of nitrogens with one attached hydrogen (secondary N) is 1. The van der Waals surface area contributed by atoms with E-state index in [9.17, 15) is 13.2 Å². The zero-order chi connectivity index (χ0) is 13.2. The molecule has 0 radical (unpaired) electrons. The molecule has 8 heteroatoms. The van der Waals surface area contributed by atoms with Gasteiger partial charge in [0, 0.05) is 13.1 Å². The standard InChI is InChI=1S/C10H14N4O3S/c1-8-10(6-12-13-8)18(16,17)14-4-2-9(3-5-14)11-7-15/h6,9H,2-5H2,1H3,(H,12,13). The largest absolute Gasteiger partial charge is 0.281 e. The molecule has 0 aromatic carbocycles. The third kappa shape index (κ3) is 2.35. The van der Waals surface area contributed by atoms with E-state index in [1.165, 1.54) is 16.6 Å². The van der Waals surface area contributed by atoms with Crippen molar-refractivity contribution in [1.29, 1.82) is 0 Å². The first-order valence-electron chi connectivity index (χ1n) is 5.63. The molecule has 0 aliphatic carbocycles. The molecule has 1 N–H and O–H groups in total. The Kier molecular flexibility index (Phi) is 3.60. The fourth-order valence-electron chi connectivity index (χ4n) is 2.02. The topological polar surface area (TPSA) is 95.5 Å². The van der Waals surface area contributed by atoms with Crippen molar-refractivity contribution >= 4 is 16.1 Å². The van der Waals surface area contributed by atoms with Crippen LogP contribution >= 0.6 is 0 Å². The number of sulfonamides is 1. The van der Waals surface area contributed by atoms with E-state index >= 15 is 0 Å². The summed E-state index contributed by atoms with van der Waals surface area (Å²) < 4.78 is 26.0. The summed E-state index contributed by atoms with van der Waals surface area (Å²) in [5.74, 6) is 0. The van der Waals surface area contributed by atoms with Crippen LogP contribution in [-0.2, 0) is 14.8 Å². The summed E-state index contributed by atoms with van der Waals surface area (Å²) in [6, 6.07) is -0.112. The molecule has 2 heterocycles. The van der Waals surface area contributed by atoms with Gasteiger partial charge in [-0.05, 0) is 19.8 Å². The molecular formula is C10H14N4O3S. The lowest BCUT2D eigenvalue weighted by Crippen LogP contribution is -2.39. The van der Waals surface area contributed by atoms with E-state index < -0.39 is 10.0 Å². The molecule has 2 rings (SSSR count). The molecule has 0 atom stereocenters. The minimum absolute atomic E-state index is 0.112. The molecule has 1 aliphatic rings. The minimum Gasteiger partial charge on any atom is -0.281 e. The van der Waals surface area contributed by atoms with Crippen LogP contribution in [-0.4, -0.2) is 48.1 Å². The van der Waals surface area contributed by atoms with Gasteiger partial charge in [-0.3, -0.25) is 5.10 Å². The van der Waals surface area contributed by atoms with Crippen LogP contribution in [0.25, 0.3) is 0 Å². The van der Waals surface area contributed by atoms with E-state index in [-0.39, 0.29) is 10.9 Å². The van der Waals surface area contributed by atoms with Gasteiger partial charge in [-0.15, -0.1) is 0 Å².